The summed E-state index contributed by atoms with van der Waals surface area (Å²) < 4.78 is 13.2. The number of hydrogen-bond donors (Lipinski definition) is 1. The number of halogens is 1. The molecule has 35 heavy (non-hydrogen) atoms. The van der Waals surface area contributed by atoms with E-state index in [9.17, 15) is 9.59 Å². The minimum Gasteiger partial charge on any atom is -0.473 e. The number of rotatable bonds is 6. The van der Waals surface area contributed by atoms with Crippen molar-refractivity contribution in [1.29, 1.82) is 0 Å². The van der Waals surface area contributed by atoms with Crippen LogP contribution >= 0.6 is 15.9 Å². The van der Waals surface area contributed by atoms with E-state index in [0.717, 1.165) is 10.0 Å². The molecule has 1 unspecified atom stereocenters. The molecule has 1 aromatic heterocycles. The first kappa shape index (κ1) is 24.7. The average molecular weight is 534 g/mol. The normalized spacial score (nSPS) is 12.4. The Kier molecular flexibility index (Phi) is 7.13. The van der Waals surface area contributed by atoms with Gasteiger partial charge in [-0.05, 0) is 53.8 Å². The van der Waals surface area contributed by atoms with Crippen molar-refractivity contribution >= 4 is 38.5 Å². The summed E-state index contributed by atoms with van der Waals surface area (Å²) in [4.78, 5) is 26.5. The second-order valence-electron chi connectivity index (χ2n) is 9.42. The summed E-state index contributed by atoms with van der Waals surface area (Å²) in [5.74, 6) is 0.00507. The predicted octanol–water partition coefficient (Wildman–Crippen LogP) is 7.32. The quantitative estimate of drug-likeness (QED) is 0.282. The van der Waals surface area contributed by atoms with Gasteiger partial charge in [0.05, 0.1) is 5.39 Å². The van der Waals surface area contributed by atoms with Crippen molar-refractivity contribution in [3.8, 4) is 17.1 Å². The highest BCUT2D eigenvalue weighted by molar-refractivity contribution is 9.10. The van der Waals surface area contributed by atoms with E-state index in [0.29, 0.717) is 34.4 Å². The summed E-state index contributed by atoms with van der Waals surface area (Å²) in [6.45, 7) is 8.26. The van der Waals surface area contributed by atoms with Crippen molar-refractivity contribution in [3.05, 3.63) is 93.1 Å². The zero-order chi connectivity index (χ0) is 25.2. The molecule has 0 spiro atoms. The van der Waals surface area contributed by atoms with Gasteiger partial charge in [-0.2, -0.15) is 0 Å². The number of para-hydroxylation sites is 1. The van der Waals surface area contributed by atoms with Crippen LogP contribution in [-0.2, 0) is 10.2 Å². The molecule has 0 aliphatic heterocycles. The Hall–Kier alpha value is -3.38. The lowest BCUT2D eigenvalue weighted by atomic mass is 9.86. The molecule has 180 valence electrons. The molecule has 1 amide bonds. The topological polar surface area (TPSA) is 68.5 Å². The minimum atomic E-state index is -0.879. The van der Waals surface area contributed by atoms with Crippen LogP contribution in [0.25, 0.3) is 22.3 Å². The zero-order valence-electron chi connectivity index (χ0n) is 20.2. The van der Waals surface area contributed by atoms with Gasteiger partial charge in [0.25, 0.3) is 5.91 Å². The molecule has 0 aliphatic rings. The fraction of sp³-hybridized carbons (Fsp3) is 0.241. The van der Waals surface area contributed by atoms with Crippen molar-refractivity contribution in [1.82, 2.24) is 0 Å². The van der Waals surface area contributed by atoms with Gasteiger partial charge in [-0.15, -0.1) is 0 Å². The SMILES string of the molecule is CCC(Oc1c(-c2ccc(C(C)(C)C)cc2)oc2ccccc2c1=O)C(=O)Nc1ccc(Br)cc1. The average Bonchev–Trinajstić information content (AvgIpc) is 2.84. The van der Waals surface area contributed by atoms with Crippen LogP contribution in [0.2, 0.25) is 0 Å². The van der Waals surface area contributed by atoms with Gasteiger partial charge in [0, 0.05) is 15.7 Å². The molecule has 1 atom stereocenters. The number of amides is 1. The Balaban J connectivity index is 1.75. The van der Waals surface area contributed by atoms with E-state index >= 15 is 0 Å². The monoisotopic (exact) mass is 533 g/mol. The lowest BCUT2D eigenvalue weighted by Gasteiger charge is -2.20. The van der Waals surface area contributed by atoms with Gasteiger partial charge >= 0.3 is 0 Å². The second kappa shape index (κ2) is 10.1. The molecule has 4 aromatic rings. The largest absolute Gasteiger partial charge is 0.473 e. The number of benzene rings is 3. The van der Waals surface area contributed by atoms with Gasteiger partial charge in [0.1, 0.15) is 5.58 Å². The summed E-state index contributed by atoms with van der Waals surface area (Å²) in [5, 5.41) is 3.27. The van der Waals surface area contributed by atoms with Gasteiger partial charge in [-0.25, -0.2) is 0 Å². The number of hydrogen-bond acceptors (Lipinski definition) is 4. The maximum Gasteiger partial charge on any atom is 0.265 e. The first-order chi connectivity index (χ1) is 16.7. The van der Waals surface area contributed by atoms with Crippen LogP contribution < -0.4 is 15.5 Å². The molecule has 3 aromatic carbocycles. The number of nitrogens with one attached hydrogen (secondary N) is 1. The molecule has 5 nitrogen and oxygen atoms in total. The Labute approximate surface area is 213 Å². The van der Waals surface area contributed by atoms with Crippen LogP contribution in [0.4, 0.5) is 5.69 Å². The fourth-order valence-electron chi connectivity index (χ4n) is 3.76. The molecular weight excluding hydrogens is 506 g/mol. The maximum atomic E-state index is 13.5. The summed E-state index contributed by atoms with van der Waals surface area (Å²) in [6.07, 6.45) is -0.507. The molecule has 0 radical (unpaired) electrons. The number of fused-ring (bicyclic) bond motifs is 1. The highest BCUT2D eigenvalue weighted by atomic mass is 79.9. The van der Waals surface area contributed by atoms with Crippen LogP contribution in [0.15, 0.2) is 86.5 Å². The van der Waals surface area contributed by atoms with E-state index in [1.165, 1.54) is 0 Å². The zero-order valence-corrected chi connectivity index (χ0v) is 21.8. The van der Waals surface area contributed by atoms with E-state index in [2.05, 4.69) is 42.0 Å². The molecule has 0 saturated carbocycles. The van der Waals surface area contributed by atoms with Crippen LogP contribution in [0, 0.1) is 0 Å². The molecule has 1 N–H and O–H groups in total. The number of anilines is 1. The predicted molar refractivity (Wildman–Crippen MR) is 144 cm³/mol. The highest BCUT2D eigenvalue weighted by Crippen LogP contribution is 2.33. The fourth-order valence-corrected chi connectivity index (χ4v) is 4.03. The molecule has 0 bridgehead atoms. The molecule has 0 fully saturated rings. The Morgan fingerprint density at radius 2 is 1.66 bits per heavy atom. The summed E-state index contributed by atoms with van der Waals surface area (Å²) >= 11 is 3.39. The van der Waals surface area contributed by atoms with Crippen LogP contribution in [0.5, 0.6) is 5.75 Å². The molecule has 4 rings (SSSR count). The third kappa shape index (κ3) is 5.49. The summed E-state index contributed by atoms with van der Waals surface area (Å²) in [6, 6.07) is 22.2. The second-order valence-corrected chi connectivity index (χ2v) is 10.3. The standard InChI is InChI=1S/C29H28BrNO4/c1-5-23(28(33)31-21-16-14-20(30)15-17-21)34-27-25(32)22-8-6-7-9-24(22)35-26(27)18-10-12-19(13-11-18)29(2,3)4/h6-17,23H,5H2,1-4H3,(H,31,33). The van der Waals surface area contributed by atoms with Crippen molar-refractivity contribution in [2.45, 2.75) is 45.6 Å². The number of carbonyl (C=O) groups excluding carboxylic acids is 1. The van der Waals surface area contributed by atoms with E-state index in [-0.39, 0.29) is 22.5 Å². The van der Waals surface area contributed by atoms with Gasteiger partial charge in [-0.3, -0.25) is 9.59 Å². The number of ether oxygens (including phenoxy) is 1. The molecule has 6 heteroatoms. The molecule has 0 saturated heterocycles. The Bertz CT molecular complexity index is 1400. The highest BCUT2D eigenvalue weighted by Gasteiger charge is 2.25. The van der Waals surface area contributed by atoms with Crippen molar-refractivity contribution in [3.63, 3.8) is 0 Å². The smallest absolute Gasteiger partial charge is 0.265 e. The summed E-state index contributed by atoms with van der Waals surface area (Å²) in [7, 11) is 0. The van der Waals surface area contributed by atoms with E-state index in [4.69, 9.17) is 9.15 Å². The minimum absolute atomic E-state index is 0.0134. The van der Waals surface area contributed by atoms with Crippen LogP contribution in [0.3, 0.4) is 0 Å². The van der Waals surface area contributed by atoms with Crippen molar-refractivity contribution in [2.24, 2.45) is 0 Å². The molecule has 1 heterocycles. The van der Waals surface area contributed by atoms with E-state index in [1.807, 2.05) is 49.4 Å². The third-order valence-electron chi connectivity index (χ3n) is 5.80. The third-order valence-corrected chi connectivity index (χ3v) is 6.33. The lowest BCUT2D eigenvalue weighted by molar-refractivity contribution is -0.122. The maximum absolute atomic E-state index is 13.5. The molecule has 0 aliphatic carbocycles. The van der Waals surface area contributed by atoms with Crippen LogP contribution in [-0.4, -0.2) is 12.0 Å². The summed E-state index contributed by atoms with van der Waals surface area (Å²) in [5.41, 5.74) is 2.65. The van der Waals surface area contributed by atoms with Gasteiger partial charge in [-0.1, -0.05) is 80.0 Å². The molecular formula is C29H28BrNO4. The van der Waals surface area contributed by atoms with Crippen molar-refractivity contribution in [2.75, 3.05) is 5.32 Å². The Morgan fingerprint density at radius 3 is 2.29 bits per heavy atom. The first-order valence-electron chi connectivity index (χ1n) is 11.6. The number of carbonyl (C=O) groups is 1. The first-order valence-corrected chi connectivity index (χ1v) is 12.4. The van der Waals surface area contributed by atoms with Crippen LogP contribution in [0.1, 0.15) is 39.7 Å². The van der Waals surface area contributed by atoms with Gasteiger partial charge in [0.2, 0.25) is 11.2 Å². The Morgan fingerprint density at radius 1 is 1.00 bits per heavy atom. The van der Waals surface area contributed by atoms with E-state index < -0.39 is 6.10 Å². The van der Waals surface area contributed by atoms with Crippen molar-refractivity contribution < 1.29 is 13.9 Å². The van der Waals surface area contributed by atoms with Gasteiger partial charge in [0.15, 0.2) is 11.9 Å². The van der Waals surface area contributed by atoms with Gasteiger partial charge < -0.3 is 14.5 Å². The van der Waals surface area contributed by atoms with E-state index in [1.54, 1.807) is 30.3 Å². The lowest BCUT2D eigenvalue weighted by Crippen LogP contribution is -2.34.